The molecule has 0 aromatic carbocycles. The Morgan fingerprint density at radius 1 is 1.59 bits per heavy atom. The molecule has 0 bridgehead atoms. The Bertz CT molecular complexity index is 488. The molecule has 1 aromatic rings. The summed E-state index contributed by atoms with van der Waals surface area (Å²) in [5.74, 6) is 2.83. The van der Waals surface area contributed by atoms with Gasteiger partial charge in [-0.3, -0.25) is 4.79 Å². The Balaban J connectivity index is 3.03. The summed E-state index contributed by atoms with van der Waals surface area (Å²) in [6.45, 7) is 6.36. The molecule has 0 aliphatic rings. The second kappa shape index (κ2) is 5.74. The smallest absolute Gasteiger partial charge is 0.287 e. The van der Waals surface area contributed by atoms with Crippen molar-refractivity contribution in [3.63, 3.8) is 0 Å². The van der Waals surface area contributed by atoms with Crippen LogP contribution in [0.5, 0.6) is 0 Å². The zero-order chi connectivity index (χ0) is 13.0. The van der Waals surface area contributed by atoms with Gasteiger partial charge in [-0.1, -0.05) is 31.4 Å². The van der Waals surface area contributed by atoms with Gasteiger partial charge in [0.15, 0.2) is 0 Å². The highest BCUT2D eigenvalue weighted by Gasteiger charge is 2.11. The van der Waals surface area contributed by atoms with Crippen LogP contribution < -0.4 is 10.9 Å². The van der Waals surface area contributed by atoms with Crippen molar-refractivity contribution in [2.24, 2.45) is 5.92 Å². The molecule has 0 radical (unpaired) electrons. The first-order chi connectivity index (χ1) is 7.95. The van der Waals surface area contributed by atoms with Crippen LogP contribution in [0.2, 0.25) is 5.02 Å². The van der Waals surface area contributed by atoms with Crippen LogP contribution in [0.25, 0.3) is 0 Å². The van der Waals surface area contributed by atoms with E-state index in [0.717, 1.165) is 0 Å². The van der Waals surface area contributed by atoms with Crippen LogP contribution in [0.4, 0.5) is 5.69 Å². The largest absolute Gasteiger partial charge is 0.369 e. The van der Waals surface area contributed by atoms with Crippen LogP contribution in [-0.4, -0.2) is 15.8 Å². The molecule has 1 unspecified atom stereocenters. The van der Waals surface area contributed by atoms with Crippen molar-refractivity contribution in [1.82, 2.24) is 9.78 Å². The molecule has 92 valence electrons. The first kappa shape index (κ1) is 13.6. The van der Waals surface area contributed by atoms with Crippen molar-refractivity contribution in [1.29, 1.82) is 0 Å². The number of terminal acetylenes is 1. The number of rotatable bonds is 4. The van der Waals surface area contributed by atoms with Gasteiger partial charge in [0.25, 0.3) is 5.56 Å². The summed E-state index contributed by atoms with van der Waals surface area (Å²) < 4.78 is 1.36. The lowest BCUT2D eigenvalue weighted by Gasteiger charge is -2.13. The molecule has 1 N–H and O–H groups in total. The molecule has 17 heavy (non-hydrogen) atoms. The molecule has 0 aliphatic carbocycles. The van der Waals surface area contributed by atoms with Crippen molar-refractivity contribution in [2.45, 2.75) is 33.4 Å². The van der Waals surface area contributed by atoms with E-state index < -0.39 is 0 Å². The summed E-state index contributed by atoms with van der Waals surface area (Å²) in [7, 11) is 0. The van der Waals surface area contributed by atoms with E-state index in [1.165, 1.54) is 10.9 Å². The number of hydrogen-bond acceptors (Lipinski definition) is 3. The lowest BCUT2D eigenvalue weighted by molar-refractivity contribution is 0.464. The SMILES string of the molecule is C#CC(C)Nc1cnn(CC(C)C)c(=O)c1Cl. The molecule has 0 saturated heterocycles. The first-order valence-corrected chi connectivity index (χ1v) is 5.81. The number of hydrogen-bond donors (Lipinski definition) is 1. The molecule has 1 atom stereocenters. The molecule has 0 fully saturated rings. The van der Waals surface area contributed by atoms with Gasteiger partial charge in [0, 0.05) is 6.54 Å². The van der Waals surface area contributed by atoms with E-state index in [0.29, 0.717) is 18.2 Å². The van der Waals surface area contributed by atoms with Crippen molar-refractivity contribution >= 4 is 17.3 Å². The van der Waals surface area contributed by atoms with Crippen LogP contribution in [0.1, 0.15) is 20.8 Å². The maximum absolute atomic E-state index is 11.9. The van der Waals surface area contributed by atoms with E-state index in [4.69, 9.17) is 18.0 Å². The quantitative estimate of drug-likeness (QED) is 0.835. The molecule has 4 nitrogen and oxygen atoms in total. The van der Waals surface area contributed by atoms with Crippen molar-refractivity contribution in [2.75, 3.05) is 5.32 Å². The van der Waals surface area contributed by atoms with Gasteiger partial charge in [0.2, 0.25) is 0 Å². The molecule has 0 amide bonds. The summed E-state index contributed by atoms with van der Waals surface area (Å²) in [6.07, 6.45) is 6.77. The lowest BCUT2D eigenvalue weighted by atomic mass is 10.2. The fourth-order valence-electron chi connectivity index (χ4n) is 1.32. The average molecular weight is 254 g/mol. The van der Waals surface area contributed by atoms with Gasteiger partial charge >= 0.3 is 0 Å². The topological polar surface area (TPSA) is 46.9 Å². The highest BCUT2D eigenvalue weighted by atomic mass is 35.5. The third-order valence-corrected chi connectivity index (χ3v) is 2.51. The molecular formula is C12H16ClN3O. The number of nitrogens with one attached hydrogen (secondary N) is 1. The average Bonchev–Trinajstić information content (AvgIpc) is 2.28. The van der Waals surface area contributed by atoms with E-state index in [-0.39, 0.29) is 16.6 Å². The molecule has 1 aromatic heterocycles. The van der Waals surface area contributed by atoms with Gasteiger partial charge in [-0.25, -0.2) is 4.68 Å². The Morgan fingerprint density at radius 2 is 2.24 bits per heavy atom. The van der Waals surface area contributed by atoms with E-state index in [1.807, 2.05) is 13.8 Å². The van der Waals surface area contributed by atoms with Gasteiger partial charge in [-0.15, -0.1) is 6.42 Å². The van der Waals surface area contributed by atoms with Crippen LogP contribution >= 0.6 is 11.6 Å². The van der Waals surface area contributed by atoms with E-state index in [2.05, 4.69) is 16.3 Å². The monoisotopic (exact) mass is 253 g/mol. The predicted octanol–water partition coefficient (Wildman–Crippen LogP) is 1.99. The standard InChI is InChI=1S/C12H16ClN3O/c1-5-9(4)15-10-6-14-16(7-8(2)3)12(17)11(10)13/h1,6,8-9,15H,7H2,2-4H3. The first-order valence-electron chi connectivity index (χ1n) is 5.44. The molecular weight excluding hydrogens is 238 g/mol. The Morgan fingerprint density at radius 3 is 2.76 bits per heavy atom. The zero-order valence-corrected chi connectivity index (χ0v) is 11.0. The predicted molar refractivity (Wildman–Crippen MR) is 70.3 cm³/mol. The fraction of sp³-hybridized carbons (Fsp3) is 0.500. The van der Waals surface area contributed by atoms with Gasteiger partial charge < -0.3 is 5.32 Å². The van der Waals surface area contributed by atoms with Crippen LogP contribution in [0, 0.1) is 18.3 Å². The fourth-order valence-corrected chi connectivity index (χ4v) is 1.52. The van der Waals surface area contributed by atoms with E-state index >= 15 is 0 Å². The molecule has 1 heterocycles. The minimum Gasteiger partial charge on any atom is -0.369 e. The maximum Gasteiger partial charge on any atom is 0.287 e. The number of anilines is 1. The van der Waals surface area contributed by atoms with E-state index in [1.54, 1.807) is 6.92 Å². The Hall–Kier alpha value is -1.47. The van der Waals surface area contributed by atoms with Gasteiger partial charge in [-0.2, -0.15) is 5.10 Å². The minimum absolute atomic E-state index is 0.128. The Kier molecular flexibility index (Phi) is 4.59. The van der Waals surface area contributed by atoms with Gasteiger partial charge in [0.05, 0.1) is 17.9 Å². The summed E-state index contributed by atoms with van der Waals surface area (Å²) in [4.78, 5) is 11.9. The number of nitrogens with zero attached hydrogens (tertiary/aromatic N) is 2. The minimum atomic E-state index is -0.297. The van der Waals surface area contributed by atoms with Crippen molar-refractivity contribution in [3.8, 4) is 12.3 Å². The summed E-state index contributed by atoms with van der Waals surface area (Å²) >= 11 is 5.98. The van der Waals surface area contributed by atoms with Crippen LogP contribution in [-0.2, 0) is 6.54 Å². The summed E-state index contributed by atoms with van der Waals surface area (Å²) in [5.41, 5.74) is 0.178. The third kappa shape index (κ3) is 3.50. The van der Waals surface area contributed by atoms with Crippen molar-refractivity contribution in [3.05, 3.63) is 21.6 Å². The summed E-state index contributed by atoms with van der Waals surface area (Å²) in [5, 5.41) is 7.12. The van der Waals surface area contributed by atoms with Gasteiger partial charge in [-0.05, 0) is 12.8 Å². The normalized spacial score (nSPS) is 12.2. The lowest BCUT2D eigenvalue weighted by Crippen LogP contribution is -2.27. The Labute approximate surface area is 106 Å². The second-order valence-corrected chi connectivity index (χ2v) is 4.66. The van der Waals surface area contributed by atoms with E-state index in [9.17, 15) is 4.79 Å². The van der Waals surface area contributed by atoms with Crippen LogP contribution in [0.15, 0.2) is 11.0 Å². The number of halogens is 1. The number of aromatic nitrogens is 2. The maximum atomic E-state index is 11.9. The van der Waals surface area contributed by atoms with Crippen molar-refractivity contribution < 1.29 is 0 Å². The molecule has 0 aliphatic heterocycles. The zero-order valence-electron chi connectivity index (χ0n) is 10.2. The second-order valence-electron chi connectivity index (χ2n) is 4.29. The summed E-state index contributed by atoms with van der Waals surface area (Å²) in [6, 6.07) is -0.199. The highest BCUT2D eigenvalue weighted by molar-refractivity contribution is 6.32. The molecule has 0 saturated carbocycles. The molecule has 5 heteroatoms. The molecule has 1 rings (SSSR count). The molecule has 0 spiro atoms. The third-order valence-electron chi connectivity index (χ3n) is 2.14. The van der Waals surface area contributed by atoms with Crippen LogP contribution in [0.3, 0.4) is 0 Å². The highest BCUT2D eigenvalue weighted by Crippen LogP contribution is 2.16. The van der Waals surface area contributed by atoms with Gasteiger partial charge in [0.1, 0.15) is 5.02 Å².